The van der Waals surface area contributed by atoms with E-state index in [1.165, 1.54) is 28.4 Å². The van der Waals surface area contributed by atoms with Crippen LogP contribution in [0.1, 0.15) is 5.56 Å². The predicted octanol–water partition coefficient (Wildman–Crippen LogP) is 0.724. The van der Waals surface area contributed by atoms with E-state index in [0.29, 0.717) is 23.8 Å². The lowest BCUT2D eigenvalue weighted by atomic mass is 10.1. The summed E-state index contributed by atoms with van der Waals surface area (Å²) in [6.07, 6.45) is 0. The summed E-state index contributed by atoms with van der Waals surface area (Å²) in [6, 6.07) is 2.84. The highest BCUT2D eigenvalue weighted by Crippen LogP contribution is 2.38. The summed E-state index contributed by atoms with van der Waals surface area (Å²) >= 11 is 0. The molecular formula is C14H23ClN2O5. The molecule has 0 aliphatic heterocycles. The van der Waals surface area contributed by atoms with Crippen molar-refractivity contribution in [3.8, 4) is 17.2 Å². The molecule has 1 rings (SSSR count). The molecule has 1 aromatic carbocycles. The highest BCUT2D eigenvalue weighted by atomic mass is 35.5. The number of carbonyl (C=O) groups is 1. The monoisotopic (exact) mass is 334 g/mol. The first-order chi connectivity index (χ1) is 10.1. The van der Waals surface area contributed by atoms with Gasteiger partial charge in [0.05, 0.1) is 27.9 Å². The minimum atomic E-state index is -0.697. The molecule has 0 saturated heterocycles. The summed E-state index contributed by atoms with van der Waals surface area (Å²) < 4.78 is 20.6. The Bertz CT molecular complexity index is 459. The summed E-state index contributed by atoms with van der Waals surface area (Å²) in [4.78, 5) is 11.7. The van der Waals surface area contributed by atoms with Gasteiger partial charge in [-0.2, -0.15) is 0 Å². The van der Waals surface area contributed by atoms with E-state index in [9.17, 15) is 4.79 Å². The topological polar surface area (TPSA) is 92.0 Å². The van der Waals surface area contributed by atoms with Crippen LogP contribution in [-0.2, 0) is 16.1 Å². The number of hydrogen-bond donors (Lipinski definition) is 2. The van der Waals surface area contributed by atoms with Gasteiger partial charge in [-0.3, -0.25) is 4.79 Å². The van der Waals surface area contributed by atoms with E-state index in [1.807, 2.05) is 0 Å². The van der Waals surface area contributed by atoms with Crippen LogP contribution in [0.25, 0.3) is 0 Å². The maximum Gasteiger partial charge on any atom is 0.239 e. The van der Waals surface area contributed by atoms with Crippen LogP contribution in [0.2, 0.25) is 0 Å². The molecule has 7 nitrogen and oxygen atoms in total. The van der Waals surface area contributed by atoms with Gasteiger partial charge in [0.25, 0.3) is 0 Å². The van der Waals surface area contributed by atoms with E-state index in [0.717, 1.165) is 5.56 Å². The fourth-order valence-electron chi connectivity index (χ4n) is 1.81. The first kappa shape index (κ1) is 20.3. The van der Waals surface area contributed by atoms with Crippen molar-refractivity contribution >= 4 is 18.3 Å². The Morgan fingerprint density at radius 2 is 1.68 bits per heavy atom. The van der Waals surface area contributed by atoms with Crippen LogP contribution in [0.15, 0.2) is 12.1 Å². The molecule has 1 unspecified atom stereocenters. The van der Waals surface area contributed by atoms with Crippen LogP contribution in [0.5, 0.6) is 17.2 Å². The van der Waals surface area contributed by atoms with Gasteiger partial charge < -0.3 is 30.0 Å². The normalized spacial score (nSPS) is 11.1. The van der Waals surface area contributed by atoms with Gasteiger partial charge in [0.15, 0.2) is 11.5 Å². The van der Waals surface area contributed by atoms with E-state index >= 15 is 0 Å². The van der Waals surface area contributed by atoms with Crippen molar-refractivity contribution in [2.24, 2.45) is 5.73 Å². The maximum atomic E-state index is 11.7. The molecule has 1 atom stereocenters. The minimum Gasteiger partial charge on any atom is -0.493 e. The average molecular weight is 335 g/mol. The zero-order valence-corrected chi connectivity index (χ0v) is 14.0. The molecule has 0 bridgehead atoms. The third-order valence-electron chi connectivity index (χ3n) is 2.87. The largest absolute Gasteiger partial charge is 0.493 e. The molecule has 0 fully saturated rings. The number of carbonyl (C=O) groups excluding carboxylic acids is 1. The summed E-state index contributed by atoms with van der Waals surface area (Å²) in [7, 11) is 6.10. The van der Waals surface area contributed by atoms with Gasteiger partial charge in [-0.15, -0.1) is 12.4 Å². The molecule has 3 N–H and O–H groups in total. The Hall–Kier alpha value is -1.70. The van der Waals surface area contributed by atoms with Gasteiger partial charge in [0.2, 0.25) is 11.7 Å². The van der Waals surface area contributed by atoms with Gasteiger partial charge in [-0.05, 0) is 17.7 Å². The van der Waals surface area contributed by atoms with Crippen molar-refractivity contribution in [2.45, 2.75) is 12.6 Å². The summed E-state index contributed by atoms with van der Waals surface area (Å²) in [5.74, 6) is 1.28. The van der Waals surface area contributed by atoms with Crippen molar-refractivity contribution in [3.63, 3.8) is 0 Å². The number of methoxy groups -OCH3 is 4. The van der Waals surface area contributed by atoms with Crippen LogP contribution in [0.4, 0.5) is 0 Å². The number of nitrogens with one attached hydrogen (secondary N) is 1. The molecule has 126 valence electrons. The van der Waals surface area contributed by atoms with Crippen LogP contribution >= 0.6 is 12.4 Å². The smallest absolute Gasteiger partial charge is 0.239 e. The molecule has 0 radical (unpaired) electrons. The number of benzene rings is 1. The summed E-state index contributed by atoms with van der Waals surface area (Å²) in [5.41, 5.74) is 6.45. The number of ether oxygens (including phenoxy) is 4. The SMILES string of the molecule is COCC(N)C(=O)NCc1cc(OC)c(OC)c(OC)c1.Cl. The number of amides is 1. The molecule has 1 amide bonds. The van der Waals surface area contributed by atoms with E-state index in [-0.39, 0.29) is 24.9 Å². The molecule has 0 heterocycles. The fourth-order valence-corrected chi connectivity index (χ4v) is 1.81. The van der Waals surface area contributed by atoms with Crippen molar-refractivity contribution in [1.82, 2.24) is 5.32 Å². The third-order valence-corrected chi connectivity index (χ3v) is 2.87. The maximum absolute atomic E-state index is 11.7. The van der Waals surface area contributed by atoms with Gasteiger partial charge in [0.1, 0.15) is 6.04 Å². The van der Waals surface area contributed by atoms with Crippen molar-refractivity contribution in [3.05, 3.63) is 17.7 Å². The van der Waals surface area contributed by atoms with Gasteiger partial charge in [-0.25, -0.2) is 0 Å². The standard InChI is InChI=1S/C14H22N2O5.ClH/c1-18-8-10(15)14(17)16-7-9-5-11(19-2)13(21-4)12(6-9)20-3;/h5-6,10H,7-8,15H2,1-4H3,(H,16,17);1H. The zero-order chi connectivity index (χ0) is 15.8. The molecule has 1 aromatic rings. The minimum absolute atomic E-state index is 0. The highest BCUT2D eigenvalue weighted by molar-refractivity contribution is 5.85. The van der Waals surface area contributed by atoms with Crippen molar-refractivity contribution in [1.29, 1.82) is 0 Å². The Labute approximate surface area is 136 Å². The Kier molecular flexibility index (Phi) is 9.32. The fraction of sp³-hybridized carbons (Fsp3) is 0.500. The van der Waals surface area contributed by atoms with E-state index in [1.54, 1.807) is 12.1 Å². The molecule has 0 spiro atoms. The lowest BCUT2D eigenvalue weighted by Gasteiger charge is -2.15. The zero-order valence-electron chi connectivity index (χ0n) is 13.2. The van der Waals surface area contributed by atoms with Crippen LogP contribution in [0.3, 0.4) is 0 Å². The molecule has 8 heteroatoms. The van der Waals surface area contributed by atoms with E-state index in [4.69, 9.17) is 24.7 Å². The number of hydrogen-bond acceptors (Lipinski definition) is 6. The number of rotatable bonds is 8. The predicted molar refractivity (Wildman–Crippen MR) is 85.0 cm³/mol. The molecule has 0 aliphatic rings. The average Bonchev–Trinajstić information content (AvgIpc) is 2.51. The second kappa shape index (κ2) is 10.1. The molecular weight excluding hydrogens is 312 g/mol. The molecule has 0 saturated carbocycles. The highest BCUT2D eigenvalue weighted by Gasteiger charge is 2.15. The van der Waals surface area contributed by atoms with Crippen LogP contribution in [-0.4, -0.2) is 47.0 Å². The first-order valence-electron chi connectivity index (χ1n) is 6.38. The molecule has 0 aromatic heterocycles. The Morgan fingerprint density at radius 3 is 2.09 bits per heavy atom. The second-order valence-electron chi connectivity index (χ2n) is 4.31. The molecule has 22 heavy (non-hydrogen) atoms. The second-order valence-corrected chi connectivity index (χ2v) is 4.31. The quantitative estimate of drug-likeness (QED) is 0.728. The van der Waals surface area contributed by atoms with Gasteiger partial charge in [0, 0.05) is 13.7 Å². The summed E-state index contributed by atoms with van der Waals surface area (Å²) in [5, 5.41) is 2.73. The van der Waals surface area contributed by atoms with Crippen molar-refractivity contribution in [2.75, 3.05) is 35.0 Å². The lowest BCUT2D eigenvalue weighted by molar-refractivity contribution is -0.123. The Balaban J connectivity index is 0.00000441. The van der Waals surface area contributed by atoms with E-state index in [2.05, 4.69) is 5.32 Å². The number of halogens is 1. The summed E-state index contributed by atoms with van der Waals surface area (Å²) in [6.45, 7) is 0.466. The van der Waals surface area contributed by atoms with Gasteiger partial charge in [-0.1, -0.05) is 0 Å². The lowest BCUT2D eigenvalue weighted by Crippen LogP contribution is -2.43. The first-order valence-corrected chi connectivity index (χ1v) is 6.38. The number of nitrogens with two attached hydrogens (primary N) is 1. The van der Waals surface area contributed by atoms with Crippen LogP contribution in [0, 0.1) is 0 Å². The molecule has 0 aliphatic carbocycles. The van der Waals surface area contributed by atoms with Crippen molar-refractivity contribution < 1.29 is 23.7 Å². The third kappa shape index (κ3) is 5.25. The van der Waals surface area contributed by atoms with Crippen LogP contribution < -0.4 is 25.3 Å². The Morgan fingerprint density at radius 1 is 1.14 bits per heavy atom. The van der Waals surface area contributed by atoms with E-state index < -0.39 is 6.04 Å². The van der Waals surface area contributed by atoms with Gasteiger partial charge >= 0.3 is 0 Å².